The third-order valence-electron chi connectivity index (χ3n) is 4.27. The van der Waals surface area contributed by atoms with E-state index in [1.807, 2.05) is 0 Å². The summed E-state index contributed by atoms with van der Waals surface area (Å²) in [6.45, 7) is 13.0. The highest BCUT2D eigenvalue weighted by Gasteiger charge is 2.24. The quantitative estimate of drug-likeness (QED) is 0.724. The lowest BCUT2D eigenvalue weighted by Crippen LogP contribution is -2.45. The maximum absolute atomic E-state index is 12.2. The van der Waals surface area contributed by atoms with E-state index in [4.69, 9.17) is 6.42 Å². The van der Waals surface area contributed by atoms with Gasteiger partial charge in [0.2, 0.25) is 5.91 Å². The van der Waals surface area contributed by atoms with Crippen LogP contribution in [0.1, 0.15) is 40.5 Å². The second-order valence-electron chi connectivity index (χ2n) is 6.47. The number of amides is 1. The molecule has 21 heavy (non-hydrogen) atoms. The first-order chi connectivity index (χ1) is 9.95. The molecule has 0 bridgehead atoms. The molecule has 0 saturated carbocycles. The van der Waals surface area contributed by atoms with E-state index in [1.54, 1.807) is 0 Å². The summed E-state index contributed by atoms with van der Waals surface area (Å²) in [7, 11) is 0. The molecule has 1 rings (SSSR count). The van der Waals surface area contributed by atoms with Crippen molar-refractivity contribution in [3.63, 3.8) is 0 Å². The van der Waals surface area contributed by atoms with Gasteiger partial charge in [-0.05, 0) is 53.6 Å². The summed E-state index contributed by atoms with van der Waals surface area (Å²) in [6.07, 6.45) is 7.17. The molecule has 1 saturated heterocycles. The standard InChI is InChI=1S/C17H31N3O/c1-6-10-19-11-7-16(8-12-19)17(21)18-9-13-20(14(2)3)15(4)5/h1,14-16H,7-13H2,2-5H3,(H,18,21). The van der Waals surface area contributed by atoms with Gasteiger partial charge in [0.1, 0.15) is 0 Å². The summed E-state index contributed by atoms with van der Waals surface area (Å²) in [5.74, 6) is 3.04. The minimum atomic E-state index is 0.158. The SMILES string of the molecule is C#CCN1CCC(C(=O)NCCN(C(C)C)C(C)C)CC1. The van der Waals surface area contributed by atoms with E-state index in [0.717, 1.165) is 39.0 Å². The largest absolute Gasteiger partial charge is 0.355 e. The Morgan fingerprint density at radius 3 is 2.33 bits per heavy atom. The number of carbonyl (C=O) groups excluding carboxylic acids is 1. The number of hydrogen-bond donors (Lipinski definition) is 1. The van der Waals surface area contributed by atoms with Crippen molar-refractivity contribution in [1.29, 1.82) is 0 Å². The van der Waals surface area contributed by atoms with Gasteiger partial charge < -0.3 is 5.32 Å². The molecule has 0 atom stereocenters. The molecule has 1 N–H and O–H groups in total. The number of likely N-dealkylation sites (tertiary alicyclic amines) is 1. The summed E-state index contributed by atoms with van der Waals surface area (Å²) in [5.41, 5.74) is 0. The summed E-state index contributed by atoms with van der Waals surface area (Å²) >= 11 is 0. The van der Waals surface area contributed by atoms with E-state index in [9.17, 15) is 4.79 Å². The van der Waals surface area contributed by atoms with Gasteiger partial charge in [-0.15, -0.1) is 6.42 Å². The highest BCUT2D eigenvalue weighted by molar-refractivity contribution is 5.78. The molecule has 0 aromatic rings. The Kier molecular flexibility index (Phi) is 7.77. The first-order valence-electron chi connectivity index (χ1n) is 8.15. The molecule has 4 nitrogen and oxygen atoms in total. The third kappa shape index (κ3) is 6.07. The van der Waals surface area contributed by atoms with E-state index < -0.39 is 0 Å². The van der Waals surface area contributed by atoms with Crippen LogP contribution in [0.15, 0.2) is 0 Å². The highest BCUT2D eigenvalue weighted by Crippen LogP contribution is 2.16. The molecule has 0 unspecified atom stereocenters. The molecule has 1 aliphatic rings. The lowest BCUT2D eigenvalue weighted by Gasteiger charge is -2.32. The fourth-order valence-corrected chi connectivity index (χ4v) is 3.05. The molecule has 0 radical (unpaired) electrons. The van der Waals surface area contributed by atoms with E-state index in [2.05, 4.69) is 48.7 Å². The number of hydrogen-bond acceptors (Lipinski definition) is 3. The molecule has 1 fully saturated rings. The topological polar surface area (TPSA) is 35.6 Å². The first kappa shape index (κ1) is 18.0. The number of nitrogens with one attached hydrogen (secondary N) is 1. The van der Waals surface area contributed by atoms with Crippen molar-refractivity contribution in [3.8, 4) is 12.3 Å². The van der Waals surface area contributed by atoms with Crippen LogP contribution >= 0.6 is 0 Å². The molecule has 0 aliphatic carbocycles. The molecule has 0 aromatic heterocycles. The summed E-state index contributed by atoms with van der Waals surface area (Å²) in [6, 6.07) is 1.02. The lowest BCUT2D eigenvalue weighted by molar-refractivity contribution is -0.126. The van der Waals surface area contributed by atoms with Crippen LogP contribution < -0.4 is 5.32 Å². The summed E-state index contributed by atoms with van der Waals surface area (Å²) in [4.78, 5) is 16.8. The van der Waals surface area contributed by atoms with Gasteiger partial charge in [-0.1, -0.05) is 5.92 Å². The Balaban J connectivity index is 2.27. The molecule has 0 spiro atoms. The van der Waals surface area contributed by atoms with Crippen LogP contribution in [0.2, 0.25) is 0 Å². The van der Waals surface area contributed by atoms with Crippen LogP contribution in [0.5, 0.6) is 0 Å². The van der Waals surface area contributed by atoms with Crippen LogP contribution in [0.3, 0.4) is 0 Å². The number of nitrogens with zero attached hydrogens (tertiary/aromatic N) is 2. The molecule has 1 aliphatic heterocycles. The summed E-state index contributed by atoms with van der Waals surface area (Å²) in [5, 5.41) is 3.10. The number of piperidine rings is 1. The Morgan fingerprint density at radius 2 is 1.86 bits per heavy atom. The van der Waals surface area contributed by atoms with Crippen molar-refractivity contribution in [1.82, 2.24) is 15.1 Å². The minimum Gasteiger partial charge on any atom is -0.355 e. The Bertz CT molecular complexity index is 344. The zero-order valence-corrected chi connectivity index (χ0v) is 14.1. The van der Waals surface area contributed by atoms with Crippen molar-refractivity contribution >= 4 is 5.91 Å². The van der Waals surface area contributed by atoms with Crippen molar-refractivity contribution in [2.45, 2.75) is 52.6 Å². The zero-order chi connectivity index (χ0) is 15.8. The van der Waals surface area contributed by atoms with E-state index >= 15 is 0 Å². The smallest absolute Gasteiger partial charge is 0.223 e. The Labute approximate surface area is 130 Å². The normalized spacial score (nSPS) is 17.4. The van der Waals surface area contributed by atoms with Crippen LogP contribution in [-0.2, 0) is 4.79 Å². The van der Waals surface area contributed by atoms with Crippen molar-refractivity contribution in [3.05, 3.63) is 0 Å². The predicted molar refractivity (Wildman–Crippen MR) is 88.0 cm³/mol. The van der Waals surface area contributed by atoms with Gasteiger partial charge in [-0.3, -0.25) is 14.6 Å². The van der Waals surface area contributed by atoms with Gasteiger partial charge in [-0.25, -0.2) is 0 Å². The van der Waals surface area contributed by atoms with Crippen molar-refractivity contribution < 1.29 is 4.79 Å². The maximum atomic E-state index is 12.2. The monoisotopic (exact) mass is 293 g/mol. The molecular weight excluding hydrogens is 262 g/mol. The molecule has 1 amide bonds. The van der Waals surface area contributed by atoms with Crippen LogP contribution in [0, 0.1) is 18.3 Å². The fourth-order valence-electron chi connectivity index (χ4n) is 3.05. The number of terminal acetylenes is 1. The second kappa shape index (κ2) is 9.07. The predicted octanol–water partition coefficient (Wildman–Crippen LogP) is 1.57. The van der Waals surface area contributed by atoms with Gasteiger partial charge in [-0.2, -0.15) is 0 Å². The fraction of sp³-hybridized carbons (Fsp3) is 0.824. The van der Waals surface area contributed by atoms with Gasteiger partial charge in [0.25, 0.3) is 0 Å². The Morgan fingerprint density at radius 1 is 1.29 bits per heavy atom. The molecule has 120 valence electrons. The first-order valence-corrected chi connectivity index (χ1v) is 8.15. The van der Waals surface area contributed by atoms with E-state index in [-0.39, 0.29) is 11.8 Å². The zero-order valence-electron chi connectivity index (χ0n) is 14.1. The minimum absolute atomic E-state index is 0.158. The van der Waals surface area contributed by atoms with Crippen molar-refractivity contribution in [2.75, 3.05) is 32.7 Å². The summed E-state index contributed by atoms with van der Waals surface area (Å²) < 4.78 is 0. The van der Waals surface area contributed by atoms with E-state index in [1.165, 1.54) is 0 Å². The van der Waals surface area contributed by atoms with Gasteiger partial charge >= 0.3 is 0 Å². The van der Waals surface area contributed by atoms with Gasteiger partial charge in [0.15, 0.2) is 0 Å². The van der Waals surface area contributed by atoms with Crippen LogP contribution in [-0.4, -0.2) is 60.5 Å². The maximum Gasteiger partial charge on any atom is 0.223 e. The number of carbonyl (C=O) groups is 1. The van der Waals surface area contributed by atoms with Crippen LogP contribution in [0.4, 0.5) is 0 Å². The second-order valence-corrected chi connectivity index (χ2v) is 6.47. The molecular formula is C17H31N3O. The van der Waals surface area contributed by atoms with Crippen LogP contribution in [0.25, 0.3) is 0 Å². The molecule has 4 heteroatoms. The highest BCUT2D eigenvalue weighted by atomic mass is 16.1. The number of rotatable bonds is 7. The average Bonchev–Trinajstić information content (AvgIpc) is 2.43. The average molecular weight is 293 g/mol. The molecule has 0 aromatic carbocycles. The third-order valence-corrected chi connectivity index (χ3v) is 4.27. The van der Waals surface area contributed by atoms with Gasteiger partial charge in [0, 0.05) is 31.1 Å². The molecule has 1 heterocycles. The van der Waals surface area contributed by atoms with E-state index in [0.29, 0.717) is 18.6 Å². The Hall–Kier alpha value is -1.05. The van der Waals surface area contributed by atoms with Crippen molar-refractivity contribution in [2.24, 2.45) is 5.92 Å². The lowest BCUT2D eigenvalue weighted by atomic mass is 9.96. The van der Waals surface area contributed by atoms with Gasteiger partial charge in [0.05, 0.1) is 6.54 Å².